The lowest BCUT2D eigenvalue weighted by Crippen LogP contribution is -2.66. The summed E-state index contributed by atoms with van der Waals surface area (Å²) in [4.78, 5) is 40.9. The molecule has 4 aliphatic heterocycles. The summed E-state index contributed by atoms with van der Waals surface area (Å²) in [6.45, 7) is 6.87. The van der Waals surface area contributed by atoms with E-state index in [-0.39, 0.29) is 59.8 Å². The summed E-state index contributed by atoms with van der Waals surface area (Å²) in [5, 5.41) is 0. The largest absolute Gasteiger partial charge is 0.461 e. The number of ether oxygens (including phenoxy) is 2. The Morgan fingerprint density at radius 3 is 2.57 bits per heavy atom. The van der Waals surface area contributed by atoms with Gasteiger partial charge in [-0.15, -0.1) is 0 Å². The quantitative estimate of drug-likeness (QED) is 0.675. The Kier molecular flexibility index (Phi) is 4.17. The van der Waals surface area contributed by atoms with E-state index in [0.717, 1.165) is 32.2 Å². The van der Waals surface area contributed by atoms with Crippen molar-refractivity contribution < 1.29 is 23.9 Å². The van der Waals surface area contributed by atoms with E-state index >= 15 is 0 Å². The van der Waals surface area contributed by atoms with Gasteiger partial charge in [-0.25, -0.2) is 0 Å². The zero-order valence-electron chi connectivity index (χ0n) is 17.1. The third kappa shape index (κ3) is 2.16. The topological polar surface area (TPSA) is 72.9 Å². The van der Waals surface area contributed by atoms with Crippen LogP contribution in [0.1, 0.15) is 59.3 Å². The van der Waals surface area contributed by atoms with Crippen LogP contribution in [0.3, 0.4) is 0 Å². The van der Waals surface area contributed by atoms with E-state index in [0.29, 0.717) is 18.8 Å². The molecule has 0 radical (unpaired) electrons. The minimum atomic E-state index is -0.711. The third-order valence-corrected chi connectivity index (χ3v) is 8.64. The molecule has 1 spiro atoms. The van der Waals surface area contributed by atoms with Crippen molar-refractivity contribution in [2.45, 2.75) is 83.6 Å². The van der Waals surface area contributed by atoms with Gasteiger partial charge in [0, 0.05) is 18.4 Å². The lowest BCUT2D eigenvalue weighted by atomic mass is 9.63. The maximum Gasteiger partial charge on any atom is 0.310 e. The lowest BCUT2D eigenvalue weighted by molar-refractivity contribution is -0.159. The van der Waals surface area contributed by atoms with Crippen molar-refractivity contribution in [1.29, 1.82) is 0 Å². The van der Waals surface area contributed by atoms with Gasteiger partial charge in [0.25, 0.3) is 0 Å². The highest BCUT2D eigenvalue weighted by molar-refractivity contribution is 5.96. The van der Waals surface area contributed by atoms with Crippen LogP contribution < -0.4 is 0 Å². The molecule has 0 amide bonds. The van der Waals surface area contributed by atoms with Crippen LogP contribution in [0.25, 0.3) is 0 Å². The van der Waals surface area contributed by atoms with E-state index in [1.54, 1.807) is 0 Å². The zero-order valence-corrected chi connectivity index (χ0v) is 17.1. The number of hydrogen-bond donors (Lipinski definition) is 0. The second-order valence-corrected chi connectivity index (χ2v) is 9.73. The molecular formula is C22H31NO5. The van der Waals surface area contributed by atoms with Crippen molar-refractivity contribution in [2.24, 2.45) is 29.1 Å². The molecule has 154 valence electrons. The Morgan fingerprint density at radius 2 is 1.89 bits per heavy atom. The predicted octanol–water partition coefficient (Wildman–Crippen LogP) is 2.34. The maximum absolute atomic E-state index is 13.8. The molecule has 9 atom stereocenters. The van der Waals surface area contributed by atoms with E-state index in [9.17, 15) is 14.4 Å². The minimum absolute atomic E-state index is 0.0345. The Labute approximate surface area is 166 Å². The first-order valence-electron chi connectivity index (χ1n) is 11.1. The zero-order chi connectivity index (χ0) is 19.8. The number of esters is 2. The van der Waals surface area contributed by atoms with Crippen LogP contribution in [0.15, 0.2) is 0 Å². The highest BCUT2D eigenvalue weighted by Crippen LogP contribution is 2.63. The van der Waals surface area contributed by atoms with Crippen LogP contribution in [0.4, 0.5) is 0 Å². The summed E-state index contributed by atoms with van der Waals surface area (Å²) in [5.74, 6) is -0.0667. The van der Waals surface area contributed by atoms with Gasteiger partial charge in [0.2, 0.25) is 0 Å². The normalized spacial score (nSPS) is 50.8. The fourth-order valence-corrected chi connectivity index (χ4v) is 7.43. The van der Waals surface area contributed by atoms with E-state index in [4.69, 9.17) is 9.47 Å². The fourth-order valence-electron chi connectivity index (χ4n) is 7.43. The standard InChI is InChI=1S/C22H31NO5/c1-4-13-14-7-5-6-8-23-15(16-9-11(2)20(25)27-16)10-17(24)22(18(14)23)12(3)21(26)28-19(13)22/h11-16,18-19H,4-10H2,1-3H3. The van der Waals surface area contributed by atoms with Crippen LogP contribution >= 0.6 is 0 Å². The average Bonchev–Trinajstić information content (AvgIpc) is 3.15. The van der Waals surface area contributed by atoms with Crippen LogP contribution in [-0.2, 0) is 23.9 Å². The first kappa shape index (κ1) is 18.6. The van der Waals surface area contributed by atoms with Gasteiger partial charge in [-0.3, -0.25) is 19.3 Å². The summed E-state index contributed by atoms with van der Waals surface area (Å²) >= 11 is 0. The van der Waals surface area contributed by atoms with E-state index < -0.39 is 5.41 Å². The average molecular weight is 389 g/mol. The highest BCUT2D eigenvalue weighted by Gasteiger charge is 2.75. The van der Waals surface area contributed by atoms with Crippen molar-refractivity contribution in [3.05, 3.63) is 0 Å². The summed E-state index contributed by atoms with van der Waals surface area (Å²) < 4.78 is 11.6. The Hall–Kier alpha value is -1.43. The SMILES string of the molecule is CCC1C2CCCCN3C(C4CC(C)C(=O)O4)CC(=O)C4(C(C)C(=O)OC14)C23. The number of nitrogens with zero attached hydrogens (tertiary/aromatic N) is 1. The summed E-state index contributed by atoms with van der Waals surface area (Å²) in [5.41, 5.74) is -0.711. The molecule has 5 fully saturated rings. The molecule has 5 aliphatic rings. The Balaban J connectivity index is 1.60. The molecule has 0 bridgehead atoms. The number of hydrogen-bond acceptors (Lipinski definition) is 6. The second kappa shape index (κ2) is 6.28. The Bertz CT molecular complexity index is 722. The lowest BCUT2D eigenvalue weighted by Gasteiger charge is -2.51. The molecule has 0 aromatic rings. The second-order valence-electron chi connectivity index (χ2n) is 9.73. The molecule has 0 aromatic heterocycles. The van der Waals surface area contributed by atoms with E-state index in [1.165, 1.54) is 0 Å². The van der Waals surface area contributed by atoms with Crippen LogP contribution in [0, 0.1) is 29.1 Å². The molecule has 6 nitrogen and oxygen atoms in total. The number of cyclic esters (lactones) is 1. The van der Waals surface area contributed by atoms with Gasteiger partial charge < -0.3 is 9.47 Å². The van der Waals surface area contributed by atoms with E-state index in [1.807, 2.05) is 13.8 Å². The molecule has 0 N–H and O–H groups in total. The van der Waals surface area contributed by atoms with Gasteiger partial charge in [0.1, 0.15) is 18.0 Å². The maximum atomic E-state index is 13.8. The molecule has 28 heavy (non-hydrogen) atoms. The van der Waals surface area contributed by atoms with Gasteiger partial charge in [-0.2, -0.15) is 0 Å². The number of carbonyl (C=O) groups is 3. The van der Waals surface area contributed by atoms with Crippen molar-refractivity contribution in [3.8, 4) is 0 Å². The van der Waals surface area contributed by atoms with E-state index in [2.05, 4.69) is 11.8 Å². The first-order valence-corrected chi connectivity index (χ1v) is 11.1. The first-order chi connectivity index (χ1) is 13.4. The van der Waals surface area contributed by atoms with Gasteiger partial charge in [-0.1, -0.05) is 27.2 Å². The summed E-state index contributed by atoms with van der Waals surface area (Å²) in [6.07, 6.45) is 4.79. The smallest absolute Gasteiger partial charge is 0.310 e. The Morgan fingerprint density at radius 1 is 1.11 bits per heavy atom. The molecule has 1 saturated carbocycles. The van der Waals surface area contributed by atoms with Crippen molar-refractivity contribution >= 4 is 17.7 Å². The molecule has 9 unspecified atom stereocenters. The van der Waals surface area contributed by atoms with Crippen molar-refractivity contribution in [1.82, 2.24) is 4.90 Å². The molecule has 6 heteroatoms. The molecule has 1 aliphatic carbocycles. The van der Waals surface area contributed by atoms with Crippen molar-refractivity contribution in [3.63, 3.8) is 0 Å². The highest BCUT2D eigenvalue weighted by atomic mass is 16.6. The molecule has 4 saturated heterocycles. The van der Waals surface area contributed by atoms with Crippen LogP contribution in [0.5, 0.6) is 0 Å². The minimum Gasteiger partial charge on any atom is -0.461 e. The fraction of sp³-hybridized carbons (Fsp3) is 0.864. The summed E-state index contributed by atoms with van der Waals surface area (Å²) in [6, 6.07) is -0.0240. The molecular weight excluding hydrogens is 358 g/mol. The molecule has 5 rings (SSSR count). The van der Waals surface area contributed by atoms with Gasteiger partial charge >= 0.3 is 11.9 Å². The molecule has 0 aromatic carbocycles. The van der Waals surface area contributed by atoms with Crippen LogP contribution in [0.2, 0.25) is 0 Å². The monoisotopic (exact) mass is 389 g/mol. The number of rotatable bonds is 2. The van der Waals surface area contributed by atoms with Gasteiger partial charge in [-0.05, 0) is 38.1 Å². The molecule has 4 heterocycles. The number of Topliss-reactive ketones (excluding diaryl/α,β-unsaturated/α-hetero) is 1. The summed E-state index contributed by atoms with van der Waals surface area (Å²) in [7, 11) is 0. The number of ketones is 1. The van der Waals surface area contributed by atoms with Gasteiger partial charge in [0.05, 0.1) is 23.3 Å². The van der Waals surface area contributed by atoms with Crippen molar-refractivity contribution in [2.75, 3.05) is 6.54 Å². The number of piperidine rings is 1. The number of carbonyl (C=O) groups excluding carboxylic acids is 3. The van der Waals surface area contributed by atoms with Crippen LogP contribution in [-0.4, -0.2) is 53.5 Å². The third-order valence-electron chi connectivity index (χ3n) is 8.64. The predicted molar refractivity (Wildman–Crippen MR) is 100 cm³/mol. The van der Waals surface area contributed by atoms with Gasteiger partial charge in [0.15, 0.2) is 0 Å².